The van der Waals surface area contributed by atoms with Crippen LogP contribution >= 0.6 is 0 Å². The Balaban J connectivity index is 1.40. The molecule has 0 aromatic heterocycles. The van der Waals surface area contributed by atoms with E-state index in [0.717, 1.165) is 44.2 Å². The Hall–Kier alpha value is -1.88. The Morgan fingerprint density at radius 2 is 1.84 bits per heavy atom. The van der Waals surface area contributed by atoms with Crippen LogP contribution in [0.5, 0.6) is 0 Å². The van der Waals surface area contributed by atoms with Gasteiger partial charge in [-0.15, -0.1) is 0 Å². The maximum absolute atomic E-state index is 12.1. The lowest BCUT2D eigenvalue weighted by Gasteiger charge is -2.28. The van der Waals surface area contributed by atoms with Crippen LogP contribution in [0.3, 0.4) is 0 Å². The number of hydrogen-bond donors (Lipinski definition) is 3. The van der Waals surface area contributed by atoms with Gasteiger partial charge in [0.05, 0.1) is 0 Å². The summed E-state index contributed by atoms with van der Waals surface area (Å²) in [7, 11) is 0. The number of aliphatic hydroxyl groups excluding tert-OH is 1. The van der Waals surface area contributed by atoms with E-state index < -0.39 is 0 Å². The fourth-order valence-corrected chi connectivity index (χ4v) is 3.99. The van der Waals surface area contributed by atoms with E-state index in [1.165, 1.54) is 17.5 Å². The van der Waals surface area contributed by atoms with Crippen molar-refractivity contribution in [2.45, 2.75) is 63.8 Å². The first-order chi connectivity index (χ1) is 12.1. The number of fused-ring (bicyclic) bond motifs is 1. The van der Waals surface area contributed by atoms with Crippen LogP contribution < -0.4 is 10.6 Å². The number of nitrogens with one attached hydrogen (secondary N) is 2. The average molecular weight is 344 g/mol. The minimum absolute atomic E-state index is 0.0762. The number of rotatable bonds is 6. The second-order valence-electron chi connectivity index (χ2n) is 7.36. The number of carbonyl (C=O) groups is 2. The molecule has 2 amide bonds. The fourth-order valence-electron chi connectivity index (χ4n) is 3.99. The summed E-state index contributed by atoms with van der Waals surface area (Å²) in [6.07, 6.45) is 7.66. The van der Waals surface area contributed by atoms with E-state index in [2.05, 4.69) is 22.8 Å². The molecule has 25 heavy (non-hydrogen) atoms. The maximum Gasteiger partial charge on any atom is 0.224 e. The summed E-state index contributed by atoms with van der Waals surface area (Å²) in [5.74, 6) is 0.0971. The second kappa shape index (κ2) is 8.48. The van der Waals surface area contributed by atoms with Crippen molar-refractivity contribution in [2.24, 2.45) is 5.92 Å². The van der Waals surface area contributed by atoms with E-state index in [1.807, 2.05) is 6.07 Å². The summed E-state index contributed by atoms with van der Waals surface area (Å²) in [4.78, 5) is 24.1. The van der Waals surface area contributed by atoms with Crippen molar-refractivity contribution in [1.82, 2.24) is 5.32 Å². The summed E-state index contributed by atoms with van der Waals surface area (Å²) in [5.41, 5.74) is 3.53. The van der Waals surface area contributed by atoms with Crippen molar-refractivity contribution in [3.8, 4) is 0 Å². The molecule has 2 aliphatic rings. The Labute approximate surface area is 149 Å². The van der Waals surface area contributed by atoms with Gasteiger partial charge in [0.15, 0.2) is 0 Å². The zero-order valence-corrected chi connectivity index (χ0v) is 14.7. The van der Waals surface area contributed by atoms with Crippen LogP contribution in [0.25, 0.3) is 0 Å². The molecule has 0 bridgehead atoms. The number of aryl methyl sites for hydroxylation is 2. The smallest absolute Gasteiger partial charge is 0.224 e. The van der Waals surface area contributed by atoms with Crippen molar-refractivity contribution in [3.63, 3.8) is 0 Å². The molecule has 2 aliphatic carbocycles. The van der Waals surface area contributed by atoms with Gasteiger partial charge in [-0.25, -0.2) is 0 Å². The number of benzene rings is 1. The topological polar surface area (TPSA) is 78.4 Å². The molecule has 1 aromatic carbocycles. The molecule has 0 unspecified atom stereocenters. The van der Waals surface area contributed by atoms with Gasteiger partial charge in [0, 0.05) is 31.2 Å². The highest BCUT2D eigenvalue weighted by Crippen LogP contribution is 2.25. The Bertz CT molecular complexity index is 629. The minimum atomic E-state index is -0.120. The zero-order valence-electron chi connectivity index (χ0n) is 14.7. The first-order valence-electron chi connectivity index (χ1n) is 9.46. The van der Waals surface area contributed by atoms with Crippen LogP contribution in [0.1, 0.15) is 56.1 Å². The first-order valence-corrected chi connectivity index (χ1v) is 9.46. The molecule has 1 aromatic rings. The lowest BCUT2D eigenvalue weighted by molar-refractivity contribution is -0.125. The van der Waals surface area contributed by atoms with E-state index in [9.17, 15) is 14.7 Å². The number of carbonyl (C=O) groups excluding carboxylic acids is 2. The van der Waals surface area contributed by atoms with Crippen molar-refractivity contribution < 1.29 is 14.7 Å². The van der Waals surface area contributed by atoms with E-state index >= 15 is 0 Å². The van der Waals surface area contributed by atoms with Crippen LogP contribution in [0, 0.1) is 5.92 Å². The molecule has 0 saturated heterocycles. The first kappa shape index (κ1) is 17.9. The van der Waals surface area contributed by atoms with Crippen LogP contribution in [0.4, 0.5) is 5.69 Å². The average Bonchev–Trinajstić information content (AvgIpc) is 3.08. The quantitative estimate of drug-likeness (QED) is 0.742. The molecule has 0 heterocycles. The number of amides is 2. The molecule has 1 fully saturated rings. The third-order valence-corrected chi connectivity index (χ3v) is 5.37. The summed E-state index contributed by atoms with van der Waals surface area (Å²) in [6.45, 7) is 0.190. The highest BCUT2D eigenvalue weighted by molar-refractivity contribution is 5.93. The predicted molar refractivity (Wildman–Crippen MR) is 97.3 cm³/mol. The zero-order chi connectivity index (χ0) is 17.6. The van der Waals surface area contributed by atoms with Gasteiger partial charge in [-0.1, -0.05) is 12.5 Å². The standard InChI is InChI=1S/C20H28N2O3/c23-13-14-3-1-6-17(11-14)21-19(24)9-10-20(25)22-18-8-7-15-4-2-5-16(15)12-18/h7-8,12,14,17,23H,1-6,9-11,13H2,(H,21,24)(H,22,25)/t14-,17-/m1/s1. The predicted octanol–water partition coefficient (Wildman–Crippen LogP) is 2.56. The second-order valence-corrected chi connectivity index (χ2v) is 7.36. The SMILES string of the molecule is O=C(CCC(=O)N[C@@H]1CCC[C@@H](CO)C1)Nc1ccc2c(c1)CCC2. The normalized spacial score (nSPS) is 22.3. The Morgan fingerprint density at radius 1 is 1.04 bits per heavy atom. The molecule has 0 aliphatic heterocycles. The molecule has 2 atom stereocenters. The fraction of sp³-hybridized carbons (Fsp3) is 0.600. The van der Waals surface area contributed by atoms with Crippen LogP contribution in [0.15, 0.2) is 18.2 Å². The van der Waals surface area contributed by atoms with Crippen LogP contribution in [-0.2, 0) is 22.4 Å². The van der Waals surface area contributed by atoms with Gasteiger partial charge in [0.25, 0.3) is 0 Å². The molecule has 5 nitrogen and oxygen atoms in total. The lowest BCUT2D eigenvalue weighted by atomic mass is 9.86. The van der Waals surface area contributed by atoms with E-state index in [0.29, 0.717) is 5.92 Å². The molecule has 5 heteroatoms. The van der Waals surface area contributed by atoms with Crippen molar-refractivity contribution >= 4 is 17.5 Å². The largest absolute Gasteiger partial charge is 0.396 e. The van der Waals surface area contributed by atoms with E-state index in [-0.39, 0.29) is 37.3 Å². The highest BCUT2D eigenvalue weighted by Gasteiger charge is 2.22. The molecule has 0 spiro atoms. The summed E-state index contributed by atoms with van der Waals surface area (Å²) in [6, 6.07) is 6.22. The van der Waals surface area contributed by atoms with Crippen LogP contribution in [0.2, 0.25) is 0 Å². The van der Waals surface area contributed by atoms with Gasteiger partial charge in [-0.3, -0.25) is 9.59 Å². The molecule has 1 saturated carbocycles. The Morgan fingerprint density at radius 3 is 2.68 bits per heavy atom. The molecule has 3 rings (SSSR count). The molecule has 136 valence electrons. The van der Waals surface area contributed by atoms with E-state index in [4.69, 9.17) is 0 Å². The van der Waals surface area contributed by atoms with Crippen LogP contribution in [-0.4, -0.2) is 29.6 Å². The summed E-state index contributed by atoms with van der Waals surface area (Å²) < 4.78 is 0. The van der Waals surface area contributed by atoms with Gasteiger partial charge in [0.2, 0.25) is 11.8 Å². The third kappa shape index (κ3) is 5.05. The Kier molecular flexibility index (Phi) is 6.08. The van der Waals surface area contributed by atoms with Gasteiger partial charge in [-0.2, -0.15) is 0 Å². The maximum atomic E-state index is 12.1. The van der Waals surface area contributed by atoms with Crippen molar-refractivity contribution in [1.29, 1.82) is 0 Å². The lowest BCUT2D eigenvalue weighted by Crippen LogP contribution is -2.39. The van der Waals surface area contributed by atoms with Crippen molar-refractivity contribution in [3.05, 3.63) is 29.3 Å². The van der Waals surface area contributed by atoms with E-state index in [1.54, 1.807) is 0 Å². The molecular formula is C20H28N2O3. The third-order valence-electron chi connectivity index (χ3n) is 5.37. The number of hydrogen-bond acceptors (Lipinski definition) is 3. The highest BCUT2D eigenvalue weighted by atomic mass is 16.3. The molecular weight excluding hydrogens is 316 g/mol. The minimum Gasteiger partial charge on any atom is -0.396 e. The molecule has 3 N–H and O–H groups in total. The van der Waals surface area contributed by atoms with Gasteiger partial charge < -0.3 is 15.7 Å². The number of anilines is 1. The van der Waals surface area contributed by atoms with Gasteiger partial charge in [-0.05, 0) is 67.7 Å². The number of aliphatic hydroxyl groups is 1. The summed E-state index contributed by atoms with van der Waals surface area (Å²) in [5, 5.41) is 15.2. The van der Waals surface area contributed by atoms with Crippen molar-refractivity contribution in [2.75, 3.05) is 11.9 Å². The monoisotopic (exact) mass is 344 g/mol. The summed E-state index contributed by atoms with van der Waals surface area (Å²) >= 11 is 0. The molecule has 0 radical (unpaired) electrons. The van der Waals surface area contributed by atoms with Gasteiger partial charge >= 0.3 is 0 Å². The van der Waals surface area contributed by atoms with Gasteiger partial charge in [0.1, 0.15) is 0 Å².